The number of aliphatic hydroxyl groups is 1. The molecule has 3 rings (SSSR count). The summed E-state index contributed by atoms with van der Waals surface area (Å²) < 4.78 is 5.48. The van der Waals surface area contributed by atoms with E-state index in [1.165, 1.54) is 0 Å². The van der Waals surface area contributed by atoms with E-state index in [-0.39, 0.29) is 5.76 Å². The van der Waals surface area contributed by atoms with Gasteiger partial charge in [-0.25, -0.2) is 4.79 Å². The summed E-state index contributed by atoms with van der Waals surface area (Å²) in [5, 5.41) is 11.2. The molecule has 124 valence electrons. The van der Waals surface area contributed by atoms with Crippen molar-refractivity contribution in [2.45, 2.75) is 25.4 Å². The lowest BCUT2D eigenvalue weighted by Crippen LogP contribution is -2.21. The van der Waals surface area contributed by atoms with Gasteiger partial charge in [-0.15, -0.1) is 0 Å². The Labute approximate surface area is 150 Å². The van der Waals surface area contributed by atoms with Crippen LogP contribution in [0.2, 0.25) is 10.0 Å². The molecule has 0 aromatic heterocycles. The van der Waals surface area contributed by atoms with Gasteiger partial charge in [0.25, 0.3) is 0 Å². The van der Waals surface area contributed by atoms with Gasteiger partial charge in [0, 0.05) is 6.42 Å². The number of cyclic esters (lactones) is 1. The molecular formula is C19H16Cl2O3. The largest absolute Gasteiger partial charge is 0.512 e. The van der Waals surface area contributed by atoms with Crippen molar-refractivity contribution in [3.05, 3.63) is 81.0 Å². The molecule has 0 radical (unpaired) electrons. The smallest absolute Gasteiger partial charge is 0.338 e. The first kappa shape index (κ1) is 16.9. The number of esters is 1. The molecule has 24 heavy (non-hydrogen) atoms. The Bertz CT molecular complexity index is 784. The highest BCUT2D eigenvalue weighted by molar-refractivity contribution is 6.42. The molecule has 3 nitrogen and oxygen atoms in total. The fourth-order valence-electron chi connectivity index (χ4n) is 2.72. The quantitative estimate of drug-likeness (QED) is 0.737. The zero-order valence-corrected chi connectivity index (χ0v) is 14.3. The number of halogens is 2. The lowest BCUT2D eigenvalue weighted by Gasteiger charge is -2.24. The van der Waals surface area contributed by atoms with Crippen LogP contribution < -0.4 is 0 Å². The fourth-order valence-corrected chi connectivity index (χ4v) is 3.04. The van der Waals surface area contributed by atoms with Crippen LogP contribution in [0.4, 0.5) is 0 Å². The van der Waals surface area contributed by atoms with E-state index in [9.17, 15) is 9.90 Å². The number of hydrogen-bond donors (Lipinski definition) is 1. The maximum atomic E-state index is 12.2. The highest BCUT2D eigenvalue weighted by Crippen LogP contribution is 2.33. The molecule has 1 aliphatic rings. The highest BCUT2D eigenvalue weighted by Gasteiger charge is 2.29. The molecule has 0 bridgehead atoms. The minimum absolute atomic E-state index is 0.0974. The fraction of sp³-hybridized carbons (Fsp3) is 0.211. The van der Waals surface area contributed by atoms with Crippen LogP contribution in [0.25, 0.3) is 0 Å². The summed E-state index contributed by atoms with van der Waals surface area (Å²) in [5.74, 6) is -0.368. The monoisotopic (exact) mass is 362 g/mol. The molecule has 0 amide bonds. The number of rotatable bonds is 4. The Balaban J connectivity index is 1.71. The second kappa shape index (κ2) is 7.29. The molecule has 2 aromatic carbocycles. The third-order valence-electron chi connectivity index (χ3n) is 4.04. The van der Waals surface area contributed by atoms with Crippen molar-refractivity contribution in [1.82, 2.24) is 0 Å². The Morgan fingerprint density at radius 1 is 1.04 bits per heavy atom. The second-order valence-corrected chi connectivity index (χ2v) is 6.50. The van der Waals surface area contributed by atoms with E-state index in [4.69, 9.17) is 27.9 Å². The number of benzene rings is 2. The van der Waals surface area contributed by atoms with Crippen molar-refractivity contribution in [1.29, 1.82) is 0 Å². The van der Waals surface area contributed by atoms with Gasteiger partial charge in [0.05, 0.1) is 15.6 Å². The van der Waals surface area contributed by atoms with E-state index >= 15 is 0 Å². The molecule has 2 aromatic rings. The molecule has 5 heteroatoms. The van der Waals surface area contributed by atoms with Crippen LogP contribution >= 0.6 is 23.2 Å². The summed E-state index contributed by atoms with van der Waals surface area (Å²) >= 11 is 11.9. The number of carbonyl (C=O) groups excluding carboxylic acids is 1. The second-order valence-electron chi connectivity index (χ2n) is 5.68. The maximum Gasteiger partial charge on any atom is 0.338 e. The van der Waals surface area contributed by atoms with Crippen molar-refractivity contribution in [2.75, 3.05) is 0 Å². The number of carbonyl (C=O) groups is 1. The van der Waals surface area contributed by atoms with E-state index in [2.05, 4.69) is 0 Å². The summed E-state index contributed by atoms with van der Waals surface area (Å²) in [6.07, 6.45) is 0.824. The molecule has 1 atom stereocenters. The first-order valence-electron chi connectivity index (χ1n) is 7.65. The van der Waals surface area contributed by atoms with Gasteiger partial charge in [0.2, 0.25) is 0 Å². The Hall–Kier alpha value is -1.97. The Morgan fingerprint density at radius 3 is 2.46 bits per heavy atom. The van der Waals surface area contributed by atoms with E-state index in [1.807, 2.05) is 36.4 Å². The minimum atomic E-state index is -0.465. The molecule has 0 spiro atoms. The third-order valence-corrected chi connectivity index (χ3v) is 4.78. The van der Waals surface area contributed by atoms with Crippen LogP contribution in [0, 0.1) is 0 Å². The van der Waals surface area contributed by atoms with Gasteiger partial charge >= 0.3 is 5.97 Å². The Kier molecular flexibility index (Phi) is 5.12. The lowest BCUT2D eigenvalue weighted by molar-refractivity contribution is -0.147. The van der Waals surface area contributed by atoms with Crippen LogP contribution in [0.1, 0.15) is 30.1 Å². The normalized spacial score (nSPS) is 17.8. The van der Waals surface area contributed by atoms with E-state index in [1.54, 1.807) is 12.1 Å². The highest BCUT2D eigenvalue weighted by atomic mass is 35.5. The number of ether oxygens (including phenoxy) is 1. The van der Waals surface area contributed by atoms with Crippen LogP contribution in [-0.2, 0) is 16.0 Å². The molecule has 1 unspecified atom stereocenters. The van der Waals surface area contributed by atoms with Crippen LogP contribution in [-0.4, -0.2) is 11.1 Å². The van der Waals surface area contributed by atoms with E-state index < -0.39 is 12.1 Å². The summed E-state index contributed by atoms with van der Waals surface area (Å²) in [5.41, 5.74) is 2.15. The lowest BCUT2D eigenvalue weighted by atomic mass is 9.97. The molecule has 1 aliphatic heterocycles. The predicted molar refractivity (Wildman–Crippen MR) is 94.3 cm³/mol. The van der Waals surface area contributed by atoms with Crippen molar-refractivity contribution < 1.29 is 14.6 Å². The average Bonchev–Trinajstić information content (AvgIpc) is 2.58. The first-order valence-corrected chi connectivity index (χ1v) is 8.41. The van der Waals surface area contributed by atoms with Gasteiger partial charge in [-0.3, -0.25) is 0 Å². The van der Waals surface area contributed by atoms with Crippen molar-refractivity contribution in [3.63, 3.8) is 0 Å². The van der Waals surface area contributed by atoms with Crippen LogP contribution in [0.5, 0.6) is 0 Å². The zero-order chi connectivity index (χ0) is 17.1. The molecule has 0 fully saturated rings. The molecular weight excluding hydrogens is 347 g/mol. The standard InChI is InChI=1S/C19H16Cl2O3/c20-15-9-7-12(10-16(15)21)6-8-14-17(22)11-18(24-19(14)23)13-4-2-1-3-5-13/h1-5,7,9-10,18,22H,6,8,11H2. The van der Waals surface area contributed by atoms with Gasteiger partial charge < -0.3 is 9.84 Å². The van der Waals surface area contributed by atoms with Crippen molar-refractivity contribution >= 4 is 29.2 Å². The molecule has 0 saturated carbocycles. The SMILES string of the molecule is O=C1OC(c2ccccc2)CC(O)=C1CCc1ccc(Cl)c(Cl)c1. The summed E-state index contributed by atoms with van der Waals surface area (Å²) in [6, 6.07) is 14.8. The van der Waals surface area contributed by atoms with Gasteiger partial charge in [0.15, 0.2) is 0 Å². The zero-order valence-electron chi connectivity index (χ0n) is 12.8. The van der Waals surface area contributed by atoms with Gasteiger partial charge in [-0.2, -0.15) is 0 Å². The first-order chi connectivity index (χ1) is 11.5. The number of aryl methyl sites for hydroxylation is 1. The third kappa shape index (κ3) is 3.74. The summed E-state index contributed by atoms with van der Waals surface area (Å²) in [7, 11) is 0. The van der Waals surface area contributed by atoms with Gasteiger partial charge in [-0.05, 0) is 36.1 Å². The maximum absolute atomic E-state index is 12.2. The minimum Gasteiger partial charge on any atom is -0.512 e. The molecule has 0 aliphatic carbocycles. The Morgan fingerprint density at radius 2 is 1.79 bits per heavy atom. The molecule has 1 N–H and O–H groups in total. The van der Waals surface area contributed by atoms with E-state index in [0.29, 0.717) is 34.9 Å². The number of aliphatic hydroxyl groups excluding tert-OH is 1. The predicted octanol–water partition coefficient (Wildman–Crippen LogP) is 5.43. The average molecular weight is 363 g/mol. The summed E-state index contributed by atoms with van der Waals surface area (Å²) in [4.78, 5) is 12.2. The van der Waals surface area contributed by atoms with Crippen molar-refractivity contribution in [2.24, 2.45) is 0 Å². The van der Waals surface area contributed by atoms with Crippen LogP contribution in [0.15, 0.2) is 59.9 Å². The molecule has 1 heterocycles. The topological polar surface area (TPSA) is 46.5 Å². The number of hydrogen-bond acceptors (Lipinski definition) is 3. The molecule has 0 saturated heterocycles. The van der Waals surface area contributed by atoms with Crippen molar-refractivity contribution in [3.8, 4) is 0 Å². The summed E-state index contributed by atoms with van der Waals surface area (Å²) in [6.45, 7) is 0. The van der Waals surface area contributed by atoms with Crippen LogP contribution in [0.3, 0.4) is 0 Å². The van der Waals surface area contributed by atoms with Gasteiger partial charge in [-0.1, -0.05) is 59.6 Å². The van der Waals surface area contributed by atoms with E-state index in [0.717, 1.165) is 11.1 Å². The van der Waals surface area contributed by atoms with Gasteiger partial charge in [0.1, 0.15) is 11.9 Å².